The molecular weight excluding hydrogens is 750 g/mol. The van der Waals surface area contributed by atoms with E-state index in [-0.39, 0.29) is 38.6 Å². The van der Waals surface area contributed by atoms with Crippen LogP contribution in [0.4, 0.5) is 0 Å². The van der Waals surface area contributed by atoms with E-state index in [0.717, 1.165) is 38.5 Å². The van der Waals surface area contributed by atoms with Gasteiger partial charge in [0.05, 0.1) is 13.2 Å². The van der Waals surface area contributed by atoms with Gasteiger partial charge in [0.1, 0.15) is 6.61 Å². The first-order valence-corrected chi connectivity index (χ1v) is 25.8. The van der Waals surface area contributed by atoms with Crippen LogP contribution in [0.5, 0.6) is 0 Å². The Bertz CT molecular complexity index is 1010. The normalized spacial score (nSPS) is 13.4. The summed E-state index contributed by atoms with van der Waals surface area (Å²) in [6, 6.07) is 0. The van der Waals surface area contributed by atoms with Crippen LogP contribution in [0, 0.1) is 0 Å². The Morgan fingerprint density at radius 2 is 0.897 bits per heavy atom. The first kappa shape index (κ1) is 56.5. The molecule has 0 saturated carbocycles. The summed E-state index contributed by atoms with van der Waals surface area (Å²) < 4.78 is 32.7. The van der Waals surface area contributed by atoms with Gasteiger partial charge in [-0.1, -0.05) is 205 Å². The summed E-state index contributed by atoms with van der Waals surface area (Å²) in [6.07, 6.45) is 49.6. The second-order valence-corrected chi connectivity index (χ2v) is 17.8. The fourth-order valence-corrected chi connectivity index (χ4v) is 7.73. The van der Waals surface area contributed by atoms with Crippen LogP contribution in [0.15, 0.2) is 24.3 Å². The largest absolute Gasteiger partial charge is 0.472 e. The van der Waals surface area contributed by atoms with Gasteiger partial charge < -0.3 is 20.1 Å². The van der Waals surface area contributed by atoms with Gasteiger partial charge in [-0.3, -0.25) is 18.6 Å². The summed E-state index contributed by atoms with van der Waals surface area (Å²) in [5.41, 5.74) is 5.34. The average Bonchev–Trinajstić information content (AvgIpc) is 3.21. The topological polar surface area (TPSA) is 134 Å². The molecule has 0 aromatic rings. The van der Waals surface area contributed by atoms with Gasteiger partial charge in [-0.15, -0.1) is 0 Å². The van der Waals surface area contributed by atoms with E-state index in [1.54, 1.807) is 0 Å². The maximum atomic E-state index is 12.6. The lowest BCUT2D eigenvalue weighted by molar-refractivity contribution is -0.161. The van der Waals surface area contributed by atoms with Gasteiger partial charge in [0.15, 0.2) is 6.10 Å². The number of carbonyl (C=O) groups is 2. The van der Waals surface area contributed by atoms with Crippen LogP contribution in [0.3, 0.4) is 0 Å². The lowest BCUT2D eigenvalue weighted by Crippen LogP contribution is -2.29. The molecule has 0 aliphatic heterocycles. The Kier molecular flexibility index (Phi) is 43.9. The first-order chi connectivity index (χ1) is 28.3. The summed E-state index contributed by atoms with van der Waals surface area (Å²) in [5, 5.41) is 0. The highest BCUT2D eigenvalue weighted by Crippen LogP contribution is 2.43. The number of rotatable bonds is 46. The molecule has 3 N–H and O–H groups in total. The van der Waals surface area contributed by atoms with Crippen LogP contribution >= 0.6 is 7.82 Å². The van der Waals surface area contributed by atoms with E-state index in [2.05, 4.69) is 38.2 Å². The molecule has 0 radical (unpaired) electrons. The highest BCUT2D eigenvalue weighted by Gasteiger charge is 2.26. The zero-order chi connectivity index (χ0) is 42.5. The SMILES string of the molecule is CCCCCCC/C=C\C/C=C\CCCCCCCCCCCCCCCCCCCC(=O)OC(COC(=O)CCCCCCCCCC)COP(=O)(O)OCCN. The van der Waals surface area contributed by atoms with E-state index in [4.69, 9.17) is 24.3 Å². The van der Waals surface area contributed by atoms with E-state index in [1.165, 1.54) is 167 Å². The van der Waals surface area contributed by atoms with E-state index in [1.807, 2.05) is 0 Å². The van der Waals surface area contributed by atoms with E-state index >= 15 is 0 Å². The smallest absolute Gasteiger partial charge is 0.462 e. The Balaban J connectivity index is 3.85. The van der Waals surface area contributed by atoms with E-state index in [9.17, 15) is 19.0 Å². The molecule has 0 aromatic heterocycles. The van der Waals surface area contributed by atoms with Crippen molar-refractivity contribution in [3.05, 3.63) is 24.3 Å². The fraction of sp³-hybridized carbons (Fsp3) is 0.875. The van der Waals surface area contributed by atoms with Crippen LogP contribution < -0.4 is 5.73 Å². The van der Waals surface area contributed by atoms with Gasteiger partial charge in [0, 0.05) is 19.4 Å². The number of hydrogen-bond acceptors (Lipinski definition) is 8. The summed E-state index contributed by atoms with van der Waals surface area (Å²) in [5.74, 6) is -0.823. The maximum absolute atomic E-state index is 12.6. The predicted octanol–water partition coefficient (Wildman–Crippen LogP) is 14.3. The lowest BCUT2D eigenvalue weighted by Gasteiger charge is -2.19. The van der Waals surface area contributed by atoms with Crippen LogP contribution in [-0.2, 0) is 32.7 Å². The number of ether oxygens (including phenoxy) is 2. The number of allylic oxidation sites excluding steroid dienone is 4. The number of carbonyl (C=O) groups excluding carboxylic acids is 2. The van der Waals surface area contributed by atoms with Gasteiger partial charge in [0.25, 0.3) is 0 Å². The number of unbranched alkanes of at least 4 members (excludes halogenated alkanes) is 29. The molecule has 2 atom stereocenters. The van der Waals surface area contributed by atoms with Crippen molar-refractivity contribution < 1.29 is 37.6 Å². The minimum absolute atomic E-state index is 0.0558. The van der Waals surface area contributed by atoms with Gasteiger partial charge in [-0.05, 0) is 44.9 Å². The third-order valence-electron chi connectivity index (χ3n) is 10.6. The molecule has 10 heteroatoms. The second-order valence-electron chi connectivity index (χ2n) is 16.3. The number of hydrogen-bond donors (Lipinski definition) is 2. The first-order valence-electron chi connectivity index (χ1n) is 24.3. The molecule has 0 amide bonds. The van der Waals surface area contributed by atoms with Crippen molar-refractivity contribution in [2.24, 2.45) is 5.73 Å². The van der Waals surface area contributed by atoms with Crippen molar-refractivity contribution in [1.82, 2.24) is 0 Å². The summed E-state index contributed by atoms with van der Waals surface area (Å²) >= 11 is 0. The van der Waals surface area contributed by atoms with Crippen molar-refractivity contribution >= 4 is 19.8 Å². The Morgan fingerprint density at radius 1 is 0.517 bits per heavy atom. The Hall–Kier alpha value is -1.51. The molecule has 342 valence electrons. The predicted molar refractivity (Wildman–Crippen MR) is 243 cm³/mol. The zero-order valence-corrected chi connectivity index (χ0v) is 38.7. The number of nitrogens with two attached hydrogens (primary N) is 1. The molecule has 9 nitrogen and oxygen atoms in total. The molecule has 0 spiro atoms. The van der Waals surface area contributed by atoms with Crippen molar-refractivity contribution in [3.8, 4) is 0 Å². The Morgan fingerprint density at radius 3 is 1.31 bits per heavy atom. The van der Waals surface area contributed by atoms with Gasteiger partial charge in [0.2, 0.25) is 0 Å². The monoisotopic (exact) mass is 842 g/mol. The van der Waals surface area contributed by atoms with E-state index in [0.29, 0.717) is 6.42 Å². The molecule has 0 aliphatic rings. The van der Waals surface area contributed by atoms with E-state index < -0.39 is 26.5 Å². The average molecular weight is 842 g/mol. The molecule has 58 heavy (non-hydrogen) atoms. The molecule has 0 fully saturated rings. The van der Waals surface area contributed by atoms with Crippen LogP contribution in [0.25, 0.3) is 0 Å². The molecule has 0 saturated heterocycles. The van der Waals surface area contributed by atoms with Crippen molar-refractivity contribution in [2.75, 3.05) is 26.4 Å². The zero-order valence-electron chi connectivity index (χ0n) is 37.8. The van der Waals surface area contributed by atoms with Crippen molar-refractivity contribution in [2.45, 2.75) is 245 Å². The number of phosphoric ester groups is 1. The second kappa shape index (κ2) is 45.0. The molecule has 0 rings (SSSR count). The number of phosphoric acid groups is 1. The quantitative estimate of drug-likeness (QED) is 0.0266. The van der Waals surface area contributed by atoms with Gasteiger partial charge in [-0.2, -0.15) is 0 Å². The maximum Gasteiger partial charge on any atom is 0.472 e. The summed E-state index contributed by atoms with van der Waals surface area (Å²) in [4.78, 5) is 34.8. The van der Waals surface area contributed by atoms with Gasteiger partial charge in [-0.25, -0.2) is 4.57 Å². The molecule has 2 unspecified atom stereocenters. The minimum Gasteiger partial charge on any atom is -0.462 e. The van der Waals surface area contributed by atoms with Crippen molar-refractivity contribution in [1.29, 1.82) is 0 Å². The molecule has 0 aromatic carbocycles. The van der Waals surface area contributed by atoms with Crippen LogP contribution in [0.2, 0.25) is 0 Å². The third-order valence-corrected chi connectivity index (χ3v) is 11.6. The van der Waals surface area contributed by atoms with Crippen LogP contribution in [0.1, 0.15) is 239 Å². The van der Waals surface area contributed by atoms with Crippen LogP contribution in [-0.4, -0.2) is 49.3 Å². The molecular formula is C48H92NO8P. The fourth-order valence-electron chi connectivity index (χ4n) is 6.96. The summed E-state index contributed by atoms with van der Waals surface area (Å²) in [6.45, 7) is 3.71. The van der Waals surface area contributed by atoms with Gasteiger partial charge >= 0.3 is 19.8 Å². The third kappa shape index (κ3) is 44.1. The molecule has 0 heterocycles. The standard InChI is InChI=1S/C48H92NO8P/c1-3-5-7-9-11-13-14-15-16-17-18-19-20-21-22-23-24-25-26-27-28-29-30-31-32-33-35-37-39-41-48(51)57-46(45-56-58(52,53)55-43-42-49)44-54-47(50)40-38-36-34-12-10-8-6-4-2/h14-15,17-18,46H,3-13,16,19-45,49H2,1-2H3,(H,52,53)/b15-14-,18-17-. The molecule has 0 aliphatic carbocycles. The molecule has 0 bridgehead atoms. The summed E-state index contributed by atoms with van der Waals surface area (Å²) in [7, 11) is -4.37. The number of esters is 2. The highest BCUT2D eigenvalue weighted by atomic mass is 31.2. The lowest BCUT2D eigenvalue weighted by atomic mass is 10.0. The minimum atomic E-state index is -4.37. The highest BCUT2D eigenvalue weighted by molar-refractivity contribution is 7.47. The van der Waals surface area contributed by atoms with Crippen molar-refractivity contribution in [3.63, 3.8) is 0 Å². The Labute approximate surface area is 357 Å².